The van der Waals surface area contributed by atoms with Crippen LogP contribution in [0, 0.1) is 11.6 Å². The second kappa shape index (κ2) is 6.57. The van der Waals surface area contributed by atoms with E-state index in [9.17, 15) is 18.7 Å². The van der Waals surface area contributed by atoms with Crippen LogP contribution in [-0.4, -0.2) is 33.6 Å². The highest BCUT2D eigenvalue weighted by molar-refractivity contribution is 5.93. The van der Waals surface area contributed by atoms with Crippen molar-refractivity contribution >= 4 is 22.8 Å². The zero-order valence-electron chi connectivity index (χ0n) is 14.6. The van der Waals surface area contributed by atoms with Crippen molar-refractivity contribution in [2.75, 3.05) is 11.4 Å². The number of hydrogen-bond donors (Lipinski definition) is 1. The number of rotatable bonds is 3. The predicted octanol–water partition coefficient (Wildman–Crippen LogP) is 4.26. The van der Waals surface area contributed by atoms with Crippen LogP contribution in [0.2, 0.25) is 0 Å². The van der Waals surface area contributed by atoms with Crippen LogP contribution in [0.1, 0.15) is 30.1 Å². The summed E-state index contributed by atoms with van der Waals surface area (Å²) < 4.78 is 27.8. The molecule has 1 aromatic heterocycles. The van der Waals surface area contributed by atoms with Crippen molar-refractivity contribution in [3.05, 3.63) is 53.6 Å². The van der Waals surface area contributed by atoms with Crippen molar-refractivity contribution in [2.24, 2.45) is 0 Å². The van der Waals surface area contributed by atoms with Gasteiger partial charge < -0.3 is 10.0 Å². The molecular weight excluding hydrogens is 352 g/mol. The number of nitrogens with zero attached hydrogens (tertiary/aromatic N) is 3. The van der Waals surface area contributed by atoms with Gasteiger partial charge in [-0.05, 0) is 50.1 Å². The van der Waals surface area contributed by atoms with Gasteiger partial charge in [0.2, 0.25) is 0 Å². The lowest BCUT2D eigenvalue weighted by Gasteiger charge is -2.25. The maximum atomic E-state index is 14.5. The summed E-state index contributed by atoms with van der Waals surface area (Å²) in [5.74, 6) is -1.94. The largest absolute Gasteiger partial charge is 0.478 e. The van der Waals surface area contributed by atoms with E-state index in [0.717, 1.165) is 25.5 Å². The van der Waals surface area contributed by atoms with Gasteiger partial charge in [0.15, 0.2) is 5.82 Å². The maximum Gasteiger partial charge on any atom is 0.335 e. The minimum Gasteiger partial charge on any atom is -0.478 e. The summed E-state index contributed by atoms with van der Waals surface area (Å²) in [6, 6.07) is 8.01. The average Bonchev–Trinajstić information content (AvgIpc) is 3.06. The molecule has 0 bridgehead atoms. The van der Waals surface area contributed by atoms with Crippen LogP contribution in [0.3, 0.4) is 0 Å². The number of carbonyl (C=O) groups is 1. The molecule has 1 fully saturated rings. The Labute approximate surface area is 154 Å². The number of benzene rings is 2. The first-order valence-corrected chi connectivity index (χ1v) is 8.71. The molecule has 27 heavy (non-hydrogen) atoms. The Balaban J connectivity index is 1.97. The third kappa shape index (κ3) is 3.09. The summed E-state index contributed by atoms with van der Waals surface area (Å²) in [6.45, 7) is 2.80. The summed E-state index contributed by atoms with van der Waals surface area (Å²) in [5, 5.41) is 9.22. The van der Waals surface area contributed by atoms with Gasteiger partial charge in [0.25, 0.3) is 0 Å². The van der Waals surface area contributed by atoms with E-state index in [1.54, 1.807) is 6.07 Å². The number of aromatic carboxylic acids is 1. The van der Waals surface area contributed by atoms with Crippen molar-refractivity contribution < 1.29 is 18.7 Å². The summed E-state index contributed by atoms with van der Waals surface area (Å²) >= 11 is 0. The number of aromatic nitrogens is 2. The molecule has 1 atom stereocenters. The van der Waals surface area contributed by atoms with Crippen LogP contribution in [0.25, 0.3) is 22.3 Å². The Morgan fingerprint density at radius 2 is 1.96 bits per heavy atom. The van der Waals surface area contributed by atoms with Gasteiger partial charge in [-0.2, -0.15) is 0 Å². The maximum absolute atomic E-state index is 14.5. The SMILES string of the molecule is C[C@H]1CCCN1c1nc2cc(C(=O)O)ccc2nc1-c1ccc(F)cc1F. The number of hydrogen-bond acceptors (Lipinski definition) is 4. The zero-order valence-corrected chi connectivity index (χ0v) is 14.6. The Bertz CT molecular complexity index is 1050. The normalized spacial score (nSPS) is 16.9. The van der Waals surface area contributed by atoms with Crippen LogP contribution in [-0.2, 0) is 0 Å². The lowest BCUT2D eigenvalue weighted by atomic mass is 10.1. The fourth-order valence-electron chi connectivity index (χ4n) is 3.49. The molecule has 0 unspecified atom stereocenters. The molecule has 4 rings (SSSR count). The van der Waals surface area contributed by atoms with Gasteiger partial charge in [0, 0.05) is 24.2 Å². The number of fused-ring (bicyclic) bond motifs is 1. The van der Waals surface area contributed by atoms with Gasteiger partial charge in [-0.15, -0.1) is 0 Å². The molecule has 2 heterocycles. The second-order valence-electron chi connectivity index (χ2n) is 6.71. The van der Waals surface area contributed by atoms with E-state index in [0.29, 0.717) is 22.5 Å². The van der Waals surface area contributed by atoms with Crippen LogP contribution >= 0.6 is 0 Å². The fourth-order valence-corrected chi connectivity index (χ4v) is 3.49. The van der Waals surface area contributed by atoms with Crippen LogP contribution < -0.4 is 4.90 Å². The summed E-state index contributed by atoms with van der Waals surface area (Å²) in [4.78, 5) is 22.5. The first kappa shape index (κ1) is 17.3. The number of halogens is 2. The summed E-state index contributed by atoms with van der Waals surface area (Å²) in [6.07, 6.45) is 1.95. The number of carboxylic acids is 1. The molecule has 3 aromatic rings. The average molecular weight is 369 g/mol. The highest BCUT2D eigenvalue weighted by atomic mass is 19.1. The van der Waals surface area contributed by atoms with Crippen LogP contribution in [0.4, 0.5) is 14.6 Å². The van der Waals surface area contributed by atoms with Gasteiger partial charge in [-0.1, -0.05) is 0 Å². The molecule has 5 nitrogen and oxygen atoms in total. The molecule has 0 amide bonds. The Morgan fingerprint density at radius 3 is 2.63 bits per heavy atom. The monoisotopic (exact) mass is 369 g/mol. The lowest BCUT2D eigenvalue weighted by Crippen LogP contribution is -2.28. The van der Waals surface area contributed by atoms with E-state index in [-0.39, 0.29) is 17.2 Å². The molecular formula is C20H17F2N3O2. The molecule has 1 aliphatic rings. The van der Waals surface area contributed by atoms with Crippen molar-refractivity contribution in [3.8, 4) is 11.3 Å². The topological polar surface area (TPSA) is 66.3 Å². The number of anilines is 1. The van der Waals surface area contributed by atoms with Gasteiger partial charge >= 0.3 is 5.97 Å². The van der Waals surface area contributed by atoms with Crippen LogP contribution in [0.5, 0.6) is 0 Å². The van der Waals surface area contributed by atoms with Gasteiger partial charge in [0.05, 0.1) is 16.6 Å². The standard InChI is InChI=1S/C20H17F2N3O2/c1-11-3-2-8-25(11)19-18(14-6-5-13(21)10-15(14)22)23-16-7-4-12(20(26)27)9-17(16)24-19/h4-7,9-11H,2-3,8H2,1H3,(H,26,27)/t11-/m0/s1. The van der Waals surface area contributed by atoms with E-state index in [1.165, 1.54) is 24.3 Å². The fraction of sp³-hybridized carbons (Fsp3) is 0.250. The van der Waals surface area contributed by atoms with Crippen molar-refractivity contribution in [1.82, 2.24) is 9.97 Å². The molecule has 1 saturated heterocycles. The minimum atomic E-state index is -1.05. The van der Waals surface area contributed by atoms with Gasteiger partial charge in [-0.3, -0.25) is 0 Å². The summed E-state index contributed by atoms with van der Waals surface area (Å²) in [7, 11) is 0. The van der Waals surface area contributed by atoms with E-state index < -0.39 is 17.6 Å². The highest BCUT2D eigenvalue weighted by Crippen LogP contribution is 2.35. The Hall–Kier alpha value is -3.09. The van der Waals surface area contributed by atoms with Gasteiger partial charge in [0.1, 0.15) is 17.3 Å². The number of carboxylic acid groups (broad SMARTS) is 1. The molecule has 1 aliphatic heterocycles. The minimum absolute atomic E-state index is 0.109. The van der Waals surface area contributed by atoms with E-state index >= 15 is 0 Å². The third-order valence-electron chi connectivity index (χ3n) is 4.90. The molecule has 138 valence electrons. The van der Waals surface area contributed by atoms with Crippen molar-refractivity contribution in [1.29, 1.82) is 0 Å². The zero-order chi connectivity index (χ0) is 19.1. The molecule has 7 heteroatoms. The Kier molecular flexibility index (Phi) is 4.22. The molecule has 0 saturated carbocycles. The smallest absolute Gasteiger partial charge is 0.335 e. The Morgan fingerprint density at radius 1 is 1.15 bits per heavy atom. The van der Waals surface area contributed by atoms with E-state index in [2.05, 4.69) is 16.9 Å². The molecule has 1 N–H and O–H groups in total. The third-order valence-corrected chi connectivity index (χ3v) is 4.90. The molecule has 2 aromatic carbocycles. The highest BCUT2D eigenvalue weighted by Gasteiger charge is 2.27. The van der Waals surface area contributed by atoms with E-state index in [1.807, 2.05) is 4.90 Å². The lowest BCUT2D eigenvalue weighted by molar-refractivity contribution is 0.0697. The predicted molar refractivity (Wildman–Crippen MR) is 97.9 cm³/mol. The van der Waals surface area contributed by atoms with Crippen molar-refractivity contribution in [2.45, 2.75) is 25.8 Å². The second-order valence-corrected chi connectivity index (χ2v) is 6.71. The van der Waals surface area contributed by atoms with E-state index in [4.69, 9.17) is 0 Å². The molecule has 0 radical (unpaired) electrons. The summed E-state index contributed by atoms with van der Waals surface area (Å²) in [5.41, 5.74) is 1.49. The van der Waals surface area contributed by atoms with Gasteiger partial charge in [-0.25, -0.2) is 23.5 Å². The first-order chi connectivity index (χ1) is 12.9. The van der Waals surface area contributed by atoms with Crippen LogP contribution in [0.15, 0.2) is 36.4 Å². The quantitative estimate of drug-likeness (QED) is 0.747. The molecule has 0 spiro atoms. The first-order valence-electron chi connectivity index (χ1n) is 8.71. The molecule has 0 aliphatic carbocycles. The van der Waals surface area contributed by atoms with Crippen molar-refractivity contribution in [3.63, 3.8) is 0 Å².